The van der Waals surface area contributed by atoms with Gasteiger partial charge in [0, 0.05) is 12.7 Å². The van der Waals surface area contributed by atoms with Crippen molar-refractivity contribution in [2.45, 2.75) is 46.0 Å². The van der Waals surface area contributed by atoms with E-state index in [2.05, 4.69) is 6.92 Å². The lowest BCUT2D eigenvalue weighted by Gasteiger charge is -2.06. The van der Waals surface area contributed by atoms with Gasteiger partial charge < -0.3 is 4.74 Å². The number of unbranched alkanes of at least 4 members (excludes halogenated alkanes) is 4. The smallest absolute Gasteiger partial charge is 0.186 e. The van der Waals surface area contributed by atoms with Crippen molar-refractivity contribution >= 4 is 23.0 Å². The van der Waals surface area contributed by atoms with Crippen LogP contribution < -0.4 is 4.74 Å². The second-order valence-corrected chi connectivity index (χ2v) is 6.23. The van der Waals surface area contributed by atoms with Crippen LogP contribution in [-0.2, 0) is 4.79 Å². The van der Waals surface area contributed by atoms with Gasteiger partial charge in [-0.15, -0.1) is 0 Å². The van der Waals surface area contributed by atoms with Crippen molar-refractivity contribution in [2.75, 3.05) is 12.4 Å². The third kappa shape index (κ3) is 9.35. The van der Waals surface area contributed by atoms with E-state index in [-0.39, 0.29) is 5.12 Å². The highest BCUT2D eigenvalue weighted by Crippen LogP contribution is 2.14. The lowest BCUT2D eigenvalue weighted by Crippen LogP contribution is -1.97. The molecule has 0 aliphatic rings. The first-order valence-electron chi connectivity index (χ1n) is 7.75. The number of ether oxygens (including phenoxy) is 1. The maximum atomic E-state index is 10.8. The molecular formula is C18H26O2S. The van der Waals surface area contributed by atoms with Crippen LogP contribution in [0, 0.1) is 0 Å². The quantitative estimate of drug-likeness (QED) is 0.547. The third-order valence-corrected chi connectivity index (χ3v) is 3.86. The Morgan fingerprint density at radius 2 is 1.86 bits per heavy atom. The molecule has 1 rings (SSSR count). The van der Waals surface area contributed by atoms with Gasteiger partial charge in [0.1, 0.15) is 5.75 Å². The van der Waals surface area contributed by atoms with Crippen molar-refractivity contribution in [2.24, 2.45) is 0 Å². The largest absolute Gasteiger partial charge is 0.494 e. The summed E-state index contributed by atoms with van der Waals surface area (Å²) < 4.78 is 5.73. The van der Waals surface area contributed by atoms with Crippen LogP contribution in [0.2, 0.25) is 0 Å². The highest BCUT2D eigenvalue weighted by Gasteiger charge is 1.95. The van der Waals surface area contributed by atoms with Gasteiger partial charge in [0.15, 0.2) is 5.12 Å². The molecule has 21 heavy (non-hydrogen) atoms. The molecule has 0 N–H and O–H groups in total. The van der Waals surface area contributed by atoms with Gasteiger partial charge in [-0.2, -0.15) is 0 Å². The van der Waals surface area contributed by atoms with Gasteiger partial charge in [-0.1, -0.05) is 68.7 Å². The van der Waals surface area contributed by atoms with Gasteiger partial charge in [0.05, 0.1) is 6.61 Å². The Hall–Kier alpha value is -1.22. The summed E-state index contributed by atoms with van der Waals surface area (Å²) in [6, 6.07) is 8.09. The molecule has 0 aromatic heterocycles. The van der Waals surface area contributed by atoms with Crippen LogP contribution >= 0.6 is 11.8 Å². The van der Waals surface area contributed by atoms with Gasteiger partial charge in [-0.3, -0.25) is 4.79 Å². The number of rotatable bonds is 10. The first-order valence-corrected chi connectivity index (χ1v) is 8.73. The van der Waals surface area contributed by atoms with Crippen LogP contribution in [-0.4, -0.2) is 17.5 Å². The van der Waals surface area contributed by atoms with Crippen LogP contribution in [0.25, 0.3) is 6.08 Å². The Kier molecular flexibility index (Phi) is 9.71. The van der Waals surface area contributed by atoms with E-state index in [1.165, 1.54) is 37.4 Å². The zero-order valence-electron chi connectivity index (χ0n) is 13.1. The summed E-state index contributed by atoms with van der Waals surface area (Å²) in [7, 11) is 0. The van der Waals surface area contributed by atoms with Gasteiger partial charge >= 0.3 is 0 Å². The molecule has 0 heterocycles. The van der Waals surface area contributed by atoms with Crippen molar-refractivity contribution < 1.29 is 9.53 Å². The monoisotopic (exact) mass is 306 g/mol. The minimum absolute atomic E-state index is 0.155. The molecule has 116 valence electrons. The van der Waals surface area contributed by atoms with Crippen LogP contribution in [0.1, 0.15) is 51.5 Å². The maximum absolute atomic E-state index is 10.8. The summed E-state index contributed by atoms with van der Waals surface area (Å²) >= 11 is 1.32. The predicted octanol–water partition coefficient (Wildman–Crippen LogP) is 5.33. The van der Waals surface area contributed by atoms with Crippen LogP contribution in [0.3, 0.4) is 0 Å². The zero-order valence-corrected chi connectivity index (χ0v) is 14.0. The van der Waals surface area contributed by atoms with Crippen molar-refractivity contribution in [3.05, 3.63) is 35.9 Å². The van der Waals surface area contributed by atoms with E-state index in [4.69, 9.17) is 4.74 Å². The van der Waals surface area contributed by atoms with E-state index in [1.54, 1.807) is 6.92 Å². The molecule has 0 radical (unpaired) electrons. The van der Waals surface area contributed by atoms with E-state index in [1.807, 2.05) is 36.4 Å². The van der Waals surface area contributed by atoms with Gasteiger partial charge in [-0.25, -0.2) is 0 Å². The SMILES string of the molecule is CCCCCCCOc1ccc(C=CCSC(C)=O)cc1. The van der Waals surface area contributed by atoms with E-state index in [0.29, 0.717) is 0 Å². The molecule has 0 saturated heterocycles. The Morgan fingerprint density at radius 1 is 1.14 bits per heavy atom. The fourth-order valence-corrected chi connectivity index (χ4v) is 2.35. The average Bonchev–Trinajstić information content (AvgIpc) is 2.48. The third-order valence-electron chi connectivity index (χ3n) is 3.09. The Morgan fingerprint density at radius 3 is 2.52 bits per heavy atom. The molecule has 0 atom stereocenters. The number of carbonyl (C=O) groups excluding carboxylic acids is 1. The predicted molar refractivity (Wildman–Crippen MR) is 92.9 cm³/mol. The van der Waals surface area contributed by atoms with E-state index < -0.39 is 0 Å². The summed E-state index contributed by atoms with van der Waals surface area (Å²) in [5, 5.41) is 0.155. The Balaban J connectivity index is 2.22. The molecule has 1 aromatic carbocycles. The molecule has 3 heteroatoms. The standard InChI is InChI=1S/C18H26O2S/c1-3-4-5-6-7-14-20-18-12-10-17(11-13-18)9-8-15-21-16(2)19/h8-13H,3-7,14-15H2,1-2H3. The molecule has 0 aliphatic carbocycles. The molecular weight excluding hydrogens is 280 g/mol. The highest BCUT2D eigenvalue weighted by molar-refractivity contribution is 8.13. The topological polar surface area (TPSA) is 26.3 Å². The van der Waals surface area contributed by atoms with E-state index >= 15 is 0 Å². The van der Waals surface area contributed by atoms with Gasteiger partial charge in [0.2, 0.25) is 0 Å². The summed E-state index contributed by atoms with van der Waals surface area (Å²) in [5.74, 6) is 1.66. The second kappa shape index (κ2) is 11.4. The molecule has 1 aromatic rings. The first-order chi connectivity index (χ1) is 10.2. The second-order valence-electron chi connectivity index (χ2n) is 5.04. The van der Waals surface area contributed by atoms with Crippen molar-refractivity contribution in [1.82, 2.24) is 0 Å². The van der Waals surface area contributed by atoms with Gasteiger partial charge in [-0.05, 0) is 24.1 Å². The van der Waals surface area contributed by atoms with Crippen molar-refractivity contribution in [3.63, 3.8) is 0 Å². The molecule has 0 amide bonds. The van der Waals surface area contributed by atoms with Crippen molar-refractivity contribution in [1.29, 1.82) is 0 Å². The van der Waals surface area contributed by atoms with E-state index in [9.17, 15) is 4.79 Å². The van der Waals surface area contributed by atoms with Crippen LogP contribution in [0.5, 0.6) is 5.75 Å². The lowest BCUT2D eigenvalue weighted by molar-refractivity contribution is -0.109. The number of hydrogen-bond acceptors (Lipinski definition) is 3. The first kappa shape index (κ1) is 17.8. The Labute approximate surface area is 133 Å². The fraction of sp³-hybridized carbons (Fsp3) is 0.500. The van der Waals surface area contributed by atoms with Crippen molar-refractivity contribution in [3.8, 4) is 5.75 Å². The number of benzene rings is 1. The normalized spacial score (nSPS) is 11.0. The minimum Gasteiger partial charge on any atom is -0.494 e. The summed E-state index contributed by atoms with van der Waals surface area (Å²) in [6.07, 6.45) is 10.3. The average molecular weight is 306 g/mol. The van der Waals surface area contributed by atoms with Crippen LogP contribution in [0.4, 0.5) is 0 Å². The molecule has 0 aliphatic heterocycles. The molecule has 0 bridgehead atoms. The summed E-state index contributed by atoms with van der Waals surface area (Å²) in [4.78, 5) is 10.8. The summed E-state index contributed by atoms with van der Waals surface area (Å²) in [6.45, 7) is 4.62. The molecule has 2 nitrogen and oxygen atoms in total. The molecule has 0 spiro atoms. The minimum atomic E-state index is 0.155. The van der Waals surface area contributed by atoms with E-state index in [0.717, 1.165) is 30.1 Å². The van der Waals surface area contributed by atoms with Gasteiger partial charge in [0.25, 0.3) is 0 Å². The van der Waals surface area contributed by atoms with Crippen LogP contribution in [0.15, 0.2) is 30.3 Å². The fourth-order valence-electron chi connectivity index (χ4n) is 1.92. The summed E-state index contributed by atoms with van der Waals surface area (Å²) in [5.41, 5.74) is 1.13. The molecule has 0 saturated carbocycles. The zero-order chi connectivity index (χ0) is 15.3. The highest BCUT2D eigenvalue weighted by atomic mass is 32.2. The Bertz CT molecular complexity index is 423. The maximum Gasteiger partial charge on any atom is 0.186 e. The lowest BCUT2D eigenvalue weighted by atomic mass is 10.2. The number of hydrogen-bond donors (Lipinski definition) is 0. The molecule has 0 fully saturated rings. The number of carbonyl (C=O) groups is 1. The number of thioether (sulfide) groups is 1. The molecule has 0 unspecified atom stereocenters.